The van der Waals surface area contributed by atoms with Crippen LogP contribution in [0.2, 0.25) is 0 Å². The maximum absolute atomic E-state index is 5.91. The second-order valence-electron chi connectivity index (χ2n) is 5.56. The number of ether oxygens (including phenoxy) is 1. The van der Waals surface area contributed by atoms with Crippen LogP contribution >= 0.6 is 12.4 Å². The Hall–Kier alpha value is -3.25. The van der Waals surface area contributed by atoms with Gasteiger partial charge in [-0.05, 0) is 36.4 Å². The molecule has 26 heavy (non-hydrogen) atoms. The Bertz CT molecular complexity index is 1030. The third kappa shape index (κ3) is 3.27. The Morgan fingerprint density at radius 1 is 1.00 bits per heavy atom. The topological polar surface area (TPSA) is 77.5 Å². The van der Waals surface area contributed by atoms with Gasteiger partial charge in [0, 0.05) is 11.3 Å². The number of halogens is 1. The first-order valence-corrected chi connectivity index (χ1v) is 7.86. The number of para-hydroxylation sites is 1. The molecule has 7 heteroatoms. The molecular weight excluding hydrogens is 350 g/mol. The van der Waals surface area contributed by atoms with Crippen LogP contribution in [-0.2, 0) is 0 Å². The van der Waals surface area contributed by atoms with E-state index in [-0.39, 0.29) is 12.4 Å². The number of rotatable bonds is 4. The lowest BCUT2D eigenvalue weighted by Gasteiger charge is -2.08. The molecule has 0 aliphatic heterocycles. The van der Waals surface area contributed by atoms with Crippen molar-refractivity contribution in [3.05, 3.63) is 66.7 Å². The van der Waals surface area contributed by atoms with Crippen molar-refractivity contribution in [1.29, 1.82) is 0 Å². The molecule has 0 aliphatic carbocycles. The zero-order valence-corrected chi connectivity index (χ0v) is 14.9. The lowest BCUT2D eigenvalue weighted by molar-refractivity contribution is 0.417. The number of nitrogens with zero attached hydrogens (tertiary/aromatic N) is 3. The van der Waals surface area contributed by atoms with Crippen molar-refractivity contribution in [2.75, 3.05) is 18.2 Å². The normalized spacial score (nSPS) is 10.3. The van der Waals surface area contributed by atoms with Gasteiger partial charge in [-0.2, -0.15) is 4.98 Å². The zero-order valence-electron chi connectivity index (χ0n) is 14.1. The number of methoxy groups -OCH3 is 1. The Kier molecular flexibility index (Phi) is 4.95. The Labute approximate surface area is 157 Å². The summed E-state index contributed by atoms with van der Waals surface area (Å²) in [6, 6.07) is 21.4. The molecule has 0 spiro atoms. The number of fused-ring (bicyclic) bond motifs is 1. The predicted octanol–water partition coefficient (Wildman–Crippen LogP) is 4.15. The molecule has 0 aliphatic rings. The van der Waals surface area contributed by atoms with Crippen molar-refractivity contribution in [1.82, 2.24) is 14.6 Å². The SMILES string of the molecule is COc1cc(-c2cccc3nc(Nc4ccccc4)nn23)ccc1N.Cl. The van der Waals surface area contributed by atoms with E-state index in [9.17, 15) is 0 Å². The van der Waals surface area contributed by atoms with Crippen LogP contribution in [-0.4, -0.2) is 21.7 Å². The van der Waals surface area contributed by atoms with Gasteiger partial charge in [-0.3, -0.25) is 0 Å². The number of hydrogen-bond acceptors (Lipinski definition) is 5. The molecule has 0 unspecified atom stereocenters. The molecule has 6 nitrogen and oxygen atoms in total. The average Bonchev–Trinajstić information content (AvgIpc) is 3.05. The van der Waals surface area contributed by atoms with Crippen molar-refractivity contribution in [3.8, 4) is 17.0 Å². The highest BCUT2D eigenvalue weighted by Gasteiger charge is 2.10. The summed E-state index contributed by atoms with van der Waals surface area (Å²) >= 11 is 0. The molecule has 0 amide bonds. The van der Waals surface area contributed by atoms with Gasteiger partial charge < -0.3 is 15.8 Å². The molecule has 4 rings (SSSR count). The number of hydrogen-bond donors (Lipinski definition) is 2. The minimum Gasteiger partial charge on any atom is -0.495 e. The quantitative estimate of drug-likeness (QED) is 0.530. The molecule has 2 heterocycles. The molecule has 3 N–H and O–H groups in total. The number of benzene rings is 2. The fourth-order valence-corrected chi connectivity index (χ4v) is 2.70. The van der Waals surface area contributed by atoms with E-state index in [4.69, 9.17) is 10.5 Å². The van der Waals surface area contributed by atoms with Crippen molar-refractivity contribution in [3.63, 3.8) is 0 Å². The summed E-state index contributed by atoms with van der Waals surface area (Å²) in [6.07, 6.45) is 0. The fourth-order valence-electron chi connectivity index (χ4n) is 2.70. The van der Waals surface area contributed by atoms with Crippen LogP contribution in [0.5, 0.6) is 5.75 Å². The summed E-state index contributed by atoms with van der Waals surface area (Å²) < 4.78 is 7.12. The smallest absolute Gasteiger partial charge is 0.247 e. The highest BCUT2D eigenvalue weighted by atomic mass is 35.5. The van der Waals surface area contributed by atoms with E-state index in [1.807, 2.05) is 66.7 Å². The van der Waals surface area contributed by atoms with Crippen LogP contribution in [0.15, 0.2) is 66.7 Å². The molecule has 0 bridgehead atoms. The highest BCUT2D eigenvalue weighted by Crippen LogP contribution is 2.29. The summed E-state index contributed by atoms with van der Waals surface area (Å²) in [5.41, 5.74) is 10.1. The first-order chi connectivity index (χ1) is 12.2. The largest absolute Gasteiger partial charge is 0.495 e. The molecule has 0 radical (unpaired) electrons. The van der Waals surface area contributed by atoms with Crippen LogP contribution in [0.1, 0.15) is 0 Å². The molecule has 0 atom stereocenters. The molecule has 0 saturated heterocycles. The van der Waals surface area contributed by atoms with Crippen LogP contribution in [0.4, 0.5) is 17.3 Å². The first kappa shape index (κ1) is 17.6. The molecule has 2 aromatic carbocycles. The summed E-state index contributed by atoms with van der Waals surface area (Å²) in [5.74, 6) is 1.18. The minimum atomic E-state index is 0. The third-order valence-corrected chi connectivity index (χ3v) is 3.92. The van der Waals surface area contributed by atoms with E-state index in [1.54, 1.807) is 11.6 Å². The van der Waals surface area contributed by atoms with E-state index in [1.165, 1.54) is 0 Å². The van der Waals surface area contributed by atoms with Crippen molar-refractivity contribution < 1.29 is 4.74 Å². The summed E-state index contributed by atoms with van der Waals surface area (Å²) in [4.78, 5) is 4.54. The number of anilines is 3. The van der Waals surface area contributed by atoms with Crippen LogP contribution in [0.25, 0.3) is 16.9 Å². The lowest BCUT2D eigenvalue weighted by atomic mass is 10.1. The van der Waals surface area contributed by atoms with Gasteiger partial charge in [0.05, 0.1) is 18.5 Å². The first-order valence-electron chi connectivity index (χ1n) is 7.86. The number of nitrogen functional groups attached to an aromatic ring is 1. The van der Waals surface area contributed by atoms with Crippen molar-refractivity contribution >= 4 is 35.4 Å². The van der Waals surface area contributed by atoms with Crippen molar-refractivity contribution in [2.24, 2.45) is 0 Å². The zero-order chi connectivity index (χ0) is 17.2. The van der Waals surface area contributed by atoms with E-state index in [0.29, 0.717) is 17.4 Å². The Morgan fingerprint density at radius 2 is 1.81 bits per heavy atom. The molecular formula is C19H18ClN5O. The Balaban J connectivity index is 0.00000196. The van der Waals surface area contributed by atoms with E-state index in [2.05, 4.69) is 15.4 Å². The summed E-state index contributed by atoms with van der Waals surface area (Å²) in [5, 5.41) is 7.80. The Morgan fingerprint density at radius 3 is 2.58 bits per heavy atom. The van der Waals surface area contributed by atoms with Gasteiger partial charge in [0.2, 0.25) is 5.95 Å². The number of aromatic nitrogens is 3. The monoisotopic (exact) mass is 367 g/mol. The van der Waals surface area contributed by atoms with Crippen LogP contribution in [0, 0.1) is 0 Å². The molecule has 0 saturated carbocycles. The second kappa shape index (κ2) is 7.33. The van der Waals surface area contributed by atoms with E-state index < -0.39 is 0 Å². The number of nitrogens with one attached hydrogen (secondary N) is 1. The maximum atomic E-state index is 5.91. The lowest BCUT2D eigenvalue weighted by Crippen LogP contribution is -1.97. The fraction of sp³-hybridized carbons (Fsp3) is 0.0526. The van der Waals surface area contributed by atoms with E-state index >= 15 is 0 Å². The number of pyridine rings is 1. The van der Waals surface area contributed by atoms with Crippen LogP contribution in [0.3, 0.4) is 0 Å². The second-order valence-corrected chi connectivity index (χ2v) is 5.56. The maximum Gasteiger partial charge on any atom is 0.247 e. The van der Waals surface area contributed by atoms with Gasteiger partial charge in [0.1, 0.15) is 5.75 Å². The third-order valence-electron chi connectivity index (χ3n) is 3.92. The van der Waals surface area contributed by atoms with Gasteiger partial charge in [-0.25, -0.2) is 4.52 Å². The van der Waals surface area contributed by atoms with Gasteiger partial charge in [0.25, 0.3) is 0 Å². The van der Waals surface area contributed by atoms with Gasteiger partial charge in [0.15, 0.2) is 5.65 Å². The summed E-state index contributed by atoms with van der Waals surface area (Å²) in [7, 11) is 1.60. The van der Waals surface area contributed by atoms with Gasteiger partial charge >= 0.3 is 0 Å². The van der Waals surface area contributed by atoms with Crippen LogP contribution < -0.4 is 15.8 Å². The van der Waals surface area contributed by atoms with E-state index in [0.717, 1.165) is 22.6 Å². The molecule has 2 aromatic heterocycles. The van der Waals surface area contributed by atoms with Gasteiger partial charge in [-0.1, -0.05) is 30.3 Å². The van der Waals surface area contributed by atoms with Gasteiger partial charge in [-0.15, -0.1) is 17.5 Å². The minimum absolute atomic E-state index is 0. The standard InChI is InChI=1S/C19H17N5O.ClH/c1-25-17-12-13(10-11-15(17)20)16-8-5-9-18-22-19(23-24(16)18)21-14-6-3-2-4-7-14;/h2-12H,20H2,1H3,(H,21,23);1H. The van der Waals surface area contributed by atoms with Crippen molar-refractivity contribution in [2.45, 2.75) is 0 Å². The average molecular weight is 368 g/mol. The number of nitrogens with two attached hydrogens (primary N) is 1. The molecule has 0 fully saturated rings. The molecule has 4 aromatic rings. The predicted molar refractivity (Wildman–Crippen MR) is 106 cm³/mol. The highest BCUT2D eigenvalue weighted by molar-refractivity contribution is 5.85. The molecule has 132 valence electrons. The summed E-state index contributed by atoms with van der Waals surface area (Å²) in [6.45, 7) is 0.